The highest BCUT2D eigenvalue weighted by molar-refractivity contribution is 5.92. The van der Waals surface area contributed by atoms with Crippen LogP contribution in [0.5, 0.6) is 0 Å². The first kappa shape index (κ1) is 15.9. The van der Waals surface area contributed by atoms with Crippen LogP contribution in [-0.2, 0) is 0 Å². The van der Waals surface area contributed by atoms with Crippen LogP contribution in [0.25, 0.3) is 0 Å². The zero-order valence-electron chi connectivity index (χ0n) is 13.3. The van der Waals surface area contributed by atoms with Crippen molar-refractivity contribution in [1.82, 2.24) is 20.2 Å². The SMILES string of the molecule is CC(C)c1nccc(C(=O)NCCC2CCCN(C)C2)n1. The van der Waals surface area contributed by atoms with Crippen molar-refractivity contribution in [3.63, 3.8) is 0 Å². The monoisotopic (exact) mass is 290 g/mol. The molecule has 0 spiro atoms. The fourth-order valence-electron chi connectivity index (χ4n) is 2.77. The lowest BCUT2D eigenvalue weighted by atomic mass is 9.95. The molecule has 1 aromatic heterocycles. The number of likely N-dealkylation sites (tertiary alicyclic amines) is 1. The zero-order chi connectivity index (χ0) is 15.2. The van der Waals surface area contributed by atoms with E-state index in [1.54, 1.807) is 12.3 Å². The van der Waals surface area contributed by atoms with E-state index in [1.807, 2.05) is 13.8 Å². The maximum Gasteiger partial charge on any atom is 0.270 e. The number of rotatable bonds is 5. The molecule has 5 heteroatoms. The van der Waals surface area contributed by atoms with E-state index in [0.717, 1.165) is 25.3 Å². The largest absolute Gasteiger partial charge is 0.351 e. The summed E-state index contributed by atoms with van der Waals surface area (Å²) in [7, 11) is 2.17. The Morgan fingerprint density at radius 2 is 2.33 bits per heavy atom. The average molecular weight is 290 g/mol. The van der Waals surface area contributed by atoms with Crippen LogP contribution in [0.15, 0.2) is 12.3 Å². The minimum atomic E-state index is -0.0940. The van der Waals surface area contributed by atoms with Gasteiger partial charge in [0.05, 0.1) is 0 Å². The quantitative estimate of drug-likeness (QED) is 0.902. The van der Waals surface area contributed by atoms with Crippen LogP contribution < -0.4 is 5.32 Å². The molecule has 0 saturated carbocycles. The summed E-state index contributed by atoms with van der Waals surface area (Å²) in [6.45, 7) is 7.11. The maximum absolute atomic E-state index is 12.1. The second-order valence-corrected chi connectivity index (χ2v) is 6.27. The van der Waals surface area contributed by atoms with Gasteiger partial charge in [0, 0.05) is 25.2 Å². The normalized spacial score (nSPS) is 19.7. The molecule has 1 aliphatic rings. The van der Waals surface area contributed by atoms with Gasteiger partial charge in [-0.05, 0) is 44.8 Å². The first-order valence-electron chi connectivity index (χ1n) is 7.86. The van der Waals surface area contributed by atoms with Gasteiger partial charge in [0.2, 0.25) is 0 Å². The van der Waals surface area contributed by atoms with Crippen molar-refractivity contribution in [1.29, 1.82) is 0 Å². The Kier molecular flexibility index (Phi) is 5.67. The molecule has 1 aromatic rings. The zero-order valence-corrected chi connectivity index (χ0v) is 13.3. The number of aromatic nitrogens is 2. The molecule has 1 unspecified atom stereocenters. The number of amides is 1. The first-order valence-corrected chi connectivity index (χ1v) is 7.86. The minimum absolute atomic E-state index is 0.0940. The summed E-state index contributed by atoms with van der Waals surface area (Å²) in [4.78, 5) is 23.0. The molecule has 0 radical (unpaired) electrons. The third kappa shape index (κ3) is 4.77. The predicted molar refractivity (Wildman–Crippen MR) is 83.3 cm³/mol. The molecule has 5 nitrogen and oxygen atoms in total. The van der Waals surface area contributed by atoms with Crippen molar-refractivity contribution in [3.05, 3.63) is 23.8 Å². The van der Waals surface area contributed by atoms with Crippen LogP contribution in [0.4, 0.5) is 0 Å². The molecule has 1 amide bonds. The van der Waals surface area contributed by atoms with Crippen molar-refractivity contribution in [2.24, 2.45) is 5.92 Å². The molecule has 0 aromatic carbocycles. The van der Waals surface area contributed by atoms with Crippen molar-refractivity contribution in [2.75, 3.05) is 26.7 Å². The minimum Gasteiger partial charge on any atom is -0.351 e. The molecule has 1 N–H and O–H groups in total. The molecule has 21 heavy (non-hydrogen) atoms. The number of hydrogen-bond donors (Lipinski definition) is 1. The third-order valence-electron chi connectivity index (χ3n) is 3.98. The van der Waals surface area contributed by atoms with Gasteiger partial charge in [-0.25, -0.2) is 9.97 Å². The molecule has 1 saturated heterocycles. The summed E-state index contributed by atoms with van der Waals surface area (Å²) in [5.74, 6) is 1.55. The number of carbonyl (C=O) groups excluding carboxylic acids is 1. The Labute approximate surface area is 127 Å². The lowest BCUT2D eigenvalue weighted by molar-refractivity contribution is 0.0943. The Hall–Kier alpha value is -1.49. The molecule has 1 atom stereocenters. The Balaban J connectivity index is 1.80. The van der Waals surface area contributed by atoms with E-state index < -0.39 is 0 Å². The molecule has 1 aliphatic heterocycles. The number of nitrogens with zero attached hydrogens (tertiary/aromatic N) is 3. The summed E-state index contributed by atoms with van der Waals surface area (Å²) in [5, 5.41) is 2.98. The second kappa shape index (κ2) is 7.50. The van der Waals surface area contributed by atoms with Crippen molar-refractivity contribution in [3.8, 4) is 0 Å². The topological polar surface area (TPSA) is 58.1 Å². The van der Waals surface area contributed by atoms with Crippen LogP contribution >= 0.6 is 0 Å². The van der Waals surface area contributed by atoms with E-state index in [2.05, 4.69) is 27.2 Å². The second-order valence-electron chi connectivity index (χ2n) is 6.27. The molecular weight excluding hydrogens is 264 g/mol. The molecule has 1 fully saturated rings. The number of nitrogens with one attached hydrogen (secondary N) is 1. The van der Waals surface area contributed by atoms with Crippen LogP contribution in [0.1, 0.15) is 55.3 Å². The van der Waals surface area contributed by atoms with Crippen molar-refractivity contribution >= 4 is 5.91 Å². The van der Waals surface area contributed by atoms with Gasteiger partial charge < -0.3 is 10.2 Å². The number of piperidine rings is 1. The van der Waals surface area contributed by atoms with E-state index in [4.69, 9.17) is 0 Å². The fourth-order valence-corrected chi connectivity index (χ4v) is 2.77. The van der Waals surface area contributed by atoms with Crippen molar-refractivity contribution < 1.29 is 4.79 Å². The van der Waals surface area contributed by atoms with Crippen LogP contribution in [-0.4, -0.2) is 47.5 Å². The van der Waals surface area contributed by atoms with Gasteiger partial charge >= 0.3 is 0 Å². The van der Waals surface area contributed by atoms with Gasteiger partial charge in [-0.2, -0.15) is 0 Å². The standard InChI is InChI=1S/C16H26N4O/c1-12(2)15-17-9-7-14(19-15)16(21)18-8-6-13-5-4-10-20(3)11-13/h7,9,12-13H,4-6,8,10-11H2,1-3H3,(H,18,21). The lowest BCUT2D eigenvalue weighted by Crippen LogP contribution is -2.34. The van der Waals surface area contributed by atoms with E-state index in [-0.39, 0.29) is 11.8 Å². The highest BCUT2D eigenvalue weighted by Gasteiger charge is 2.17. The Bertz CT molecular complexity index is 475. The van der Waals surface area contributed by atoms with Gasteiger partial charge in [0.25, 0.3) is 5.91 Å². The molecule has 0 aliphatic carbocycles. The van der Waals surface area contributed by atoms with Gasteiger partial charge in [0.15, 0.2) is 0 Å². The smallest absolute Gasteiger partial charge is 0.270 e. The summed E-state index contributed by atoms with van der Waals surface area (Å²) in [5.41, 5.74) is 0.467. The fraction of sp³-hybridized carbons (Fsp3) is 0.688. The Morgan fingerprint density at radius 1 is 1.52 bits per heavy atom. The first-order chi connectivity index (χ1) is 10.1. The van der Waals surface area contributed by atoms with Gasteiger partial charge in [-0.15, -0.1) is 0 Å². The number of carbonyl (C=O) groups is 1. The third-order valence-corrected chi connectivity index (χ3v) is 3.98. The molecule has 2 rings (SSSR count). The average Bonchev–Trinajstić information content (AvgIpc) is 2.47. The van der Waals surface area contributed by atoms with Crippen LogP contribution in [0, 0.1) is 5.92 Å². The molecule has 0 bridgehead atoms. The van der Waals surface area contributed by atoms with Crippen LogP contribution in [0.3, 0.4) is 0 Å². The molecule has 116 valence electrons. The highest BCUT2D eigenvalue weighted by Crippen LogP contribution is 2.17. The molecule has 2 heterocycles. The summed E-state index contributed by atoms with van der Waals surface area (Å²) in [6, 6.07) is 1.68. The maximum atomic E-state index is 12.1. The van der Waals surface area contributed by atoms with Gasteiger partial charge in [0.1, 0.15) is 11.5 Å². The van der Waals surface area contributed by atoms with Gasteiger partial charge in [-0.1, -0.05) is 13.8 Å². The van der Waals surface area contributed by atoms with E-state index >= 15 is 0 Å². The summed E-state index contributed by atoms with van der Waals surface area (Å²) < 4.78 is 0. The highest BCUT2D eigenvalue weighted by atomic mass is 16.1. The Morgan fingerprint density at radius 3 is 3.05 bits per heavy atom. The molecular formula is C16H26N4O. The van der Waals surface area contributed by atoms with E-state index in [9.17, 15) is 4.79 Å². The van der Waals surface area contributed by atoms with Crippen molar-refractivity contribution in [2.45, 2.75) is 39.0 Å². The summed E-state index contributed by atoms with van der Waals surface area (Å²) in [6.07, 6.45) is 5.23. The lowest BCUT2D eigenvalue weighted by Gasteiger charge is -2.29. The van der Waals surface area contributed by atoms with Gasteiger partial charge in [-0.3, -0.25) is 4.79 Å². The number of hydrogen-bond acceptors (Lipinski definition) is 4. The van der Waals surface area contributed by atoms with Crippen LogP contribution in [0.2, 0.25) is 0 Å². The van der Waals surface area contributed by atoms with E-state index in [0.29, 0.717) is 11.6 Å². The van der Waals surface area contributed by atoms with E-state index in [1.165, 1.54) is 19.4 Å². The summed E-state index contributed by atoms with van der Waals surface area (Å²) >= 11 is 0. The predicted octanol–water partition coefficient (Wildman–Crippen LogP) is 2.06.